The van der Waals surface area contributed by atoms with Gasteiger partial charge in [-0.05, 0) is 13.0 Å². The van der Waals surface area contributed by atoms with Crippen LogP contribution in [0.2, 0.25) is 0 Å². The maximum atomic E-state index is 5.43. The Morgan fingerprint density at radius 2 is 2.32 bits per heavy atom. The van der Waals surface area contributed by atoms with Crippen molar-refractivity contribution in [3.63, 3.8) is 0 Å². The molecule has 6 heteroatoms. The lowest BCUT2D eigenvalue weighted by molar-refractivity contribution is 0.396. The number of hydrogen-bond donors (Lipinski definition) is 2. The molecule has 104 valence electrons. The zero-order valence-corrected chi connectivity index (χ0v) is 11.7. The summed E-state index contributed by atoms with van der Waals surface area (Å²) >= 11 is 0. The smallest absolute Gasteiger partial charge is 0.162 e. The molecule has 0 aliphatic rings. The lowest BCUT2D eigenvalue weighted by Gasteiger charge is -2.18. The van der Waals surface area contributed by atoms with Gasteiger partial charge in [0.2, 0.25) is 0 Å². The Hall–Kier alpha value is -1.82. The van der Waals surface area contributed by atoms with Gasteiger partial charge < -0.3 is 15.0 Å². The lowest BCUT2D eigenvalue weighted by atomic mass is 10.1. The molecule has 0 fully saturated rings. The maximum absolute atomic E-state index is 5.43. The number of aromatic amines is 1. The highest BCUT2D eigenvalue weighted by atomic mass is 16.5. The highest BCUT2D eigenvalue weighted by molar-refractivity contribution is 5.32. The number of imidazole rings is 1. The van der Waals surface area contributed by atoms with Crippen LogP contribution in [0.15, 0.2) is 18.6 Å². The summed E-state index contributed by atoms with van der Waals surface area (Å²) in [6.45, 7) is 5.91. The molecule has 0 saturated heterocycles. The minimum atomic E-state index is -0.0380. The van der Waals surface area contributed by atoms with Crippen molar-refractivity contribution in [1.82, 2.24) is 25.1 Å². The van der Waals surface area contributed by atoms with Crippen molar-refractivity contribution < 1.29 is 4.74 Å². The first kappa shape index (κ1) is 13.6. The molecule has 2 aromatic rings. The van der Waals surface area contributed by atoms with Gasteiger partial charge in [0.05, 0.1) is 13.3 Å². The quantitative estimate of drug-likeness (QED) is 0.798. The van der Waals surface area contributed by atoms with E-state index in [1.807, 2.05) is 10.9 Å². The molecule has 1 unspecified atom stereocenters. The average Bonchev–Trinajstić information content (AvgIpc) is 3.06. The van der Waals surface area contributed by atoms with E-state index in [9.17, 15) is 0 Å². The second-order valence-electron chi connectivity index (χ2n) is 4.29. The Morgan fingerprint density at radius 3 is 2.89 bits per heavy atom. The fourth-order valence-electron chi connectivity index (χ4n) is 2.18. The van der Waals surface area contributed by atoms with Crippen LogP contribution in [0, 0.1) is 0 Å². The molecular weight excluding hydrogens is 242 g/mol. The number of nitrogens with zero attached hydrogens (tertiary/aromatic N) is 3. The van der Waals surface area contributed by atoms with Crippen molar-refractivity contribution in [1.29, 1.82) is 0 Å². The number of H-pyrrole nitrogens is 1. The van der Waals surface area contributed by atoms with E-state index in [1.54, 1.807) is 19.5 Å². The Balaban J connectivity index is 2.42. The first-order valence-corrected chi connectivity index (χ1v) is 6.64. The fourth-order valence-corrected chi connectivity index (χ4v) is 2.18. The molecule has 0 aliphatic heterocycles. The second kappa shape index (κ2) is 6.38. The zero-order chi connectivity index (χ0) is 13.7. The largest absolute Gasteiger partial charge is 0.493 e. The predicted octanol–water partition coefficient (Wildman–Crippen LogP) is 1.72. The lowest BCUT2D eigenvalue weighted by Crippen LogP contribution is -2.26. The summed E-state index contributed by atoms with van der Waals surface area (Å²) in [5, 5.41) is 7.83. The highest BCUT2D eigenvalue weighted by Gasteiger charge is 2.24. The normalized spacial score (nSPS) is 12.6. The summed E-state index contributed by atoms with van der Waals surface area (Å²) in [6, 6.07) is -0.0380. The predicted molar refractivity (Wildman–Crippen MR) is 73.2 cm³/mol. The standard InChI is InChI=1S/C13H21N5O/c1-4-8-18-12(10(19-3)9-17-18)11(14-5-2)13-15-6-7-16-13/h6-7,9,11,14H,4-5,8H2,1-3H3,(H,15,16). The van der Waals surface area contributed by atoms with E-state index >= 15 is 0 Å². The average molecular weight is 263 g/mol. The molecule has 19 heavy (non-hydrogen) atoms. The van der Waals surface area contributed by atoms with Crippen molar-refractivity contribution in [2.24, 2.45) is 0 Å². The molecular formula is C13H21N5O. The van der Waals surface area contributed by atoms with E-state index < -0.39 is 0 Å². The number of aryl methyl sites for hydroxylation is 1. The third kappa shape index (κ3) is 2.78. The minimum Gasteiger partial charge on any atom is -0.493 e. The molecule has 2 aromatic heterocycles. The molecule has 0 radical (unpaired) electrons. The second-order valence-corrected chi connectivity index (χ2v) is 4.29. The third-order valence-corrected chi connectivity index (χ3v) is 2.97. The number of rotatable bonds is 7. The fraction of sp³-hybridized carbons (Fsp3) is 0.538. The third-order valence-electron chi connectivity index (χ3n) is 2.97. The maximum Gasteiger partial charge on any atom is 0.162 e. The van der Waals surface area contributed by atoms with E-state index in [1.165, 1.54) is 0 Å². The molecule has 0 aliphatic carbocycles. The molecule has 6 nitrogen and oxygen atoms in total. The molecule has 0 aromatic carbocycles. The molecule has 0 saturated carbocycles. The van der Waals surface area contributed by atoms with Crippen LogP contribution < -0.4 is 10.1 Å². The van der Waals surface area contributed by atoms with Crippen LogP contribution in [0.25, 0.3) is 0 Å². The summed E-state index contributed by atoms with van der Waals surface area (Å²) in [6.07, 6.45) is 6.37. The highest BCUT2D eigenvalue weighted by Crippen LogP contribution is 2.28. The molecule has 1 atom stereocenters. The molecule has 0 bridgehead atoms. The van der Waals surface area contributed by atoms with E-state index in [0.29, 0.717) is 0 Å². The Labute approximate surface area is 113 Å². The molecule has 2 N–H and O–H groups in total. The van der Waals surface area contributed by atoms with E-state index in [0.717, 1.165) is 36.8 Å². The van der Waals surface area contributed by atoms with Gasteiger partial charge in [-0.2, -0.15) is 5.10 Å². The van der Waals surface area contributed by atoms with Gasteiger partial charge in [-0.15, -0.1) is 0 Å². The number of hydrogen-bond acceptors (Lipinski definition) is 4. The molecule has 2 rings (SSSR count). The van der Waals surface area contributed by atoms with Crippen LogP contribution in [0.5, 0.6) is 5.75 Å². The Morgan fingerprint density at radius 1 is 1.47 bits per heavy atom. The van der Waals surface area contributed by atoms with Crippen molar-refractivity contribution in [3.8, 4) is 5.75 Å². The van der Waals surface area contributed by atoms with E-state index in [4.69, 9.17) is 4.74 Å². The summed E-state index contributed by atoms with van der Waals surface area (Å²) < 4.78 is 7.41. The molecule has 2 heterocycles. The molecule has 0 spiro atoms. The Kier molecular flexibility index (Phi) is 4.57. The van der Waals surface area contributed by atoms with Gasteiger partial charge in [-0.25, -0.2) is 4.98 Å². The van der Waals surface area contributed by atoms with Crippen molar-refractivity contribution in [2.75, 3.05) is 13.7 Å². The van der Waals surface area contributed by atoms with Gasteiger partial charge in [0, 0.05) is 18.9 Å². The number of ether oxygens (including phenoxy) is 1. The van der Waals surface area contributed by atoms with E-state index in [-0.39, 0.29) is 6.04 Å². The summed E-state index contributed by atoms with van der Waals surface area (Å²) in [5.74, 6) is 1.66. The summed E-state index contributed by atoms with van der Waals surface area (Å²) in [4.78, 5) is 7.51. The number of nitrogens with one attached hydrogen (secondary N) is 2. The van der Waals surface area contributed by atoms with Gasteiger partial charge in [-0.3, -0.25) is 4.68 Å². The van der Waals surface area contributed by atoms with Gasteiger partial charge in [0.15, 0.2) is 5.75 Å². The van der Waals surface area contributed by atoms with Gasteiger partial charge in [-0.1, -0.05) is 13.8 Å². The Bertz CT molecular complexity index is 491. The van der Waals surface area contributed by atoms with Gasteiger partial charge >= 0.3 is 0 Å². The summed E-state index contributed by atoms with van der Waals surface area (Å²) in [7, 11) is 1.67. The SMILES string of the molecule is CCCn1ncc(OC)c1C(NCC)c1ncc[nH]1. The van der Waals surface area contributed by atoms with E-state index in [2.05, 4.69) is 34.2 Å². The van der Waals surface area contributed by atoms with Crippen LogP contribution in [-0.4, -0.2) is 33.4 Å². The van der Waals surface area contributed by atoms with Crippen molar-refractivity contribution >= 4 is 0 Å². The van der Waals surface area contributed by atoms with Crippen molar-refractivity contribution in [3.05, 3.63) is 30.1 Å². The summed E-state index contributed by atoms with van der Waals surface area (Å²) in [5.41, 5.74) is 1.01. The monoisotopic (exact) mass is 263 g/mol. The van der Waals surface area contributed by atoms with Crippen molar-refractivity contribution in [2.45, 2.75) is 32.9 Å². The van der Waals surface area contributed by atoms with Gasteiger partial charge in [0.25, 0.3) is 0 Å². The van der Waals surface area contributed by atoms with Crippen LogP contribution in [0.1, 0.15) is 37.8 Å². The van der Waals surface area contributed by atoms with Crippen LogP contribution in [0.3, 0.4) is 0 Å². The first-order chi connectivity index (χ1) is 9.31. The van der Waals surface area contributed by atoms with Crippen LogP contribution in [-0.2, 0) is 6.54 Å². The number of methoxy groups -OCH3 is 1. The molecule has 0 amide bonds. The van der Waals surface area contributed by atoms with Crippen LogP contribution in [0.4, 0.5) is 0 Å². The van der Waals surface area contributed by atoms with Crippen LogP contribution >= 0.6 is 0 Å². The zero-order valence-electron chi connectivity index (χ0n) is 11.7. The minimum absolute atomic E-state index is 0.0380. The first-order valence-electron chi connectivity index (χ1n) is 6.64. The topological polar surface area (TPSA) is 67.8 Å². The number of aromatic nitrogens is 4. The van der Waals surface area contributed by atoms with Gasteiger partial charge in [0.1, 0.15) is 17.6 Å².